The monoisotopic (exact) mass is 836 g/mol. The summed E-state index contributed by atoms with van der Waals surface area (Å²) in [6.45, 7) is 9.86. The average Bonchev–Trinajstić information content (AvgIpc) is 3.65. The van der Waals surface area contributed by atoms with Crippen LogP contribution in [0.15, 0.2) is 46.0 Å². The average molecular weight is 838 g/mol. The standard InChI is InChI=1S/C37H50BrIN4O3S/c1-5-6-7-8-9-10-11-12-13-17-20-47-35-40-32-29(22-30(39)31(38)33(32)45-25-26-18-15-14-16-19-26)34(41-35)42-23-28-21-27(42)24-43(28)36(44)46-37(2,3)4/h14-16,18-19,22,27-28H,5-13,17,20-21,23-25H2,1-4H3/t27-,28-/m0/s1. The molecule has 2 fully saturated rings. The zero-order valence-electron chi connectivity index (χ0n) is 28.4. The predicted molar refractivity (Wildman–Crippen MR) is 206 cm³/mol. The zero-order valence-corrected chi connectivity index (χ0v) is 33.0. The summed E-state index contributed by atoms with van der Waals surface area (Å²) in [7, 11) is 0. The maximum Gasteiger partial charge on any atom is 0.410 e. The number of benzene rings is 2. The summed E-state index contributed by atoms with van der Waals surface area (Å²) in [5.41, 5.74) is 1.42. The van der Waals surface area contributed by atoms with Crippen molar-refractivity contribution in [1.29, 1.82) is 0 Å². The van der Waals surface area contributed by atoms with E-state index >= 15 is 0 Å². The van der Waals surface area contributed by atoms with E-state index in [9.17, 15) is 4.79 Å². The van der Waals surface area contributed by atoms with E-state index < -0.39 is 5.60 Å². The minimum absolute atomic E-state index is 0.103. The number of piperazine rings is 1. The number of hydrogen-bond acceptors (Lipinski definition) is 7. The van der Waals surface area contributed by atoms with Gasteiger partial charge in [-0.15, -0.1) is 0 Å². The summed E-state index contributed by atoms with van der Waals surface area (Å²) in [5.74, 6) is 2.68. The number of hydrogen-bond donors (Lipinski definition) is 0. The van der Waals surface area contributed by atoms with Crippen molar-refractivity contribution < 1.29 is 14.3 Å². The normalized spacial score (nSPS) is 17.6. The number of nitrogens with zero attached hydrogens (tertiary/aromatic N) is 4. The van der Waals surface area contributed by atoms with Crippen LogP contribution in [0.5, 0.6) is 5.75 Å². The number of unbranched alkanes of at least 4 members (excludes halogenated alkanes) is 9. The van der Waals surface area contributed by atoms with Crippen LogP contribution in [0, 0.1) is 3.57 Å². The molecule has 0 spiro atoms. The zero-order chi connectivity index (χ0) is 33.4. The number of amides is 1. The van der Waals surface area contributed by atoms with Gasteiger partial charge in [-0.25, -0.2) is 14.8 Å². The van der Waals surface area contributed by atoms with Crippen molar-refractivity contribution in [3.8, 4) is 5.75 Å². The van der Waals surface area contributed by atoms with Gasteiger partial charge >= 0.3 is 6.09 Å². The number of likely N-dealkylation sites (tertiary alicyclic amines) is 1. The molecule has 256 valence electrons. The Kier molecular flexibility index (Phi) is 13.4. The maximum atomic E-state index is 13.0. The third-order valence-corrected chi connectivity index (χ3v) is 12.2. The van der Waals surface area contributed by atoms with Crippen LogP contribution in [0.25, 0.3) is 10.9 Å². The van der Waals surface area contributed by atoms with Crippen LogP contribution < -0.4 is 9.64 Å². The van der Waals surface area contributed by atoms with Gasteiger partial charge in [0.15, 0.2) is 10.9 Å². The summed E-state index contributed by atoms with van der Waals surface area (Å²) in [5, 5.41) is 1.77. The summed E-state index contributed by atoms with van der Waals surface area (Å²) in [6.07, 6.45) is 13.9. The van der Waals surface area contributed by atoms with Crippen molar-refractivity contribution in [1.82, 2.24) is 14.9 Å². The Morgan fingerprint density at radius 2 is 1.66 bits per heavy atom. The van der Waals surface area contributed by atoms with E-state index in [1.807, 2.05) is 43.9 Å². The highest BCUT2D eigenvalue weighted by Gasteiger charge is 2.47. The topological polar surface area (TPSA) is 67.8 Å². The molecule has 1 amide bonds. The van der Waals surface area contributed by atoms with Gasteiger partial charge in [-0.2, -0.15) is 0 Å². The van der Waals surface area contributed by atoms with Gasteiger partial charge in [-0.05, 0) is 83.8 Å². The summed E-state index contributed by atoms with van der Waals surface area (Å²) in [6, 6.07) is 12.7. The van der Waals surface area contributed by atoms with Crippen molar-refractivity contribution in [3.63, 3.8) is 0 Å². The Morgan fingerprint density at radius 3 is 2.30 bits per heavy atom. The molecule has 3 heterocycles. The first-order chi connectivity index (χ1) is 22.6. The molecule has 0 N–H and O–H groups in total. The first-order valence-electron chi connectivity index (χ1n) is 17.4. The molecule has 2 bridgehead atoms. The highest BCUT2D eigenvalue weighted by molar-refractivity contribution is 14.1. The molecule has 2 saturated heterocycles. The van der Waals surface area contributed by atoms with Crippen LogP contribution in [0.3, 0.4) is 0 Å². The fourth-order valence-corrected chi connectivity index (χ4v) is 8.33. The number of anilines is 1. The van der Waals surface area contributed by atoms with Gasteiger partial charge in [-0.3, -0.25) is 0 Å². The molecule has 3 aromatic rings. The lowest BCUT2D eigenvalue weighted by atomic mass is 10.1. The Bertz CT molecular complexity index is 1490. The Hall–Kier alpha value is -1.79. The van der Waals surface area contributed by atoms with E-state index in [-0.39, 0.29) is 18.2 Å². The smallest absolute Gasteiger partial charge is 0.410 e. The van der Waals surface area contributed by atoms with Gasteiger partial charge in [0.2, 0.25) is 0 Å². The number of rotatable bonds is 16. The Labute approximate surface area is 307 Å². The van der Waals surface area contributed by atoms with E-state index in [2.05, 4.69) is 68.5 Å². The molecule has 0 unspecified atom stereocenters. The minimum Gasteiger partial charge on any atom is -0.485 e. The number of carbonyl (C=O) groups excluding carboxylic acids is 1. The second kappa shape index (κ2) is 17.2. The number of carbonyl (C=O) groups is 1. The first-order valence-corrected chi connectivity index (χ1v) is 20.3. The highest BCUT2D eigenvalue weighted by atomic mass is 127. The lowest BCUT2D eigenvalue weighted by Gasteiger charge is -2.36. The van der Waals surface area contributed by atoms with Crippen LogP contribution in [-0.4, -0.2) is 57.5 Å². The predicted octanol–water partition coefficient (Wildman–Crippen LogP) is 10.8. The molecule has 5 rings (SSSR count). The number of ether oxygens (including phenoxy) is 2. The van der Waals surface area contributed by atoms with E-state index in [0.29, 0.717) is 13.2 Å². The van der Waals surface area contributed by atoms with Crippen LogP contribution in [0.2, 0.25) is 0 Å². The molecule has 0 saturated carbocycles. The van der Waals surface area contributed by atoms with Gasteiger partial charge in [0.05, 0.1) is 16.6 Å². The molecule has 2 aliphatic rings. The van der Waals surface area contributed by atoms with Gasteiger partial charge < -0.3 is 19.3 Å². The highest BCUT2D eigenvalue weighted by Crippen LogP contribution is 2.44. The van der Waals surface area contributed by atoms with Crippen LogP contribution in [-0.2, 0) is 11.3 Å². The molecule has 2 atom stereocenters. The summed E-state index contributed by atoms with van der Waals surface area (Å²) >= 11 is 7.93. The molecular weight excluding hydrogens is 787 g/mol. The largest absolute Gasteiger partial charge is 0.485 e. The second-order valence-corrected chi connectivity index (χ2v) is 16.9. The van der Waals surface area contributed by atoms with Gasteiger partial charge in [0.25, 0.3) is 0 Å². The van der Waals surface area contributed by atoms with E-state index in [4.69, 9.17) is 19.4 Å². The number of thioether (sulfide) groups is 1. The van der Waals surface area contributed by atoms with Crippen LogP contribution in [0.4, 0.5) is 10.6 Å². The van der Waals surface area contributed by atoms with Gasteiger partial charge in [0, 0.05) is 27.8 Å². The summed E-state index contributed by atoms with van der Waals surface area (Å²) < 4.78 is 14.2. The number of aromatic nitrogens is 2. The first kappa shape index (κ1) is 36.5. The molecule has 0 aliphatic carbocycles. The lowest BCUT2D eigenvalue weighted by Crippen LogP contribution is -2.50. The fourth-order valence-electron chi connectivity index (χ4n) is 6.51. The molecule has 0 radical (unpaired) electrons. The van der Waals surface area contributed by atoms with Crippen LogP contribution in [0.1, 0.15) is 104 Å². The minimum atomic E-state index is -0.512. The van der Waals surface area contributed by atoms with Crippen molar-refractivity contribution >= 4 is 73.1 Å². The quantitative estimate of drug-likeness (QED) is 0.0616. The molecule has 2 aromatic carbocycles. The van der Waals surface area contributed by atoms with E-state index in [1.54, 1.807) is 11.8 Å². The van der Waals surface area contributed by atoms with Gasteiger partial charge in [0.1, 0.15) is 23.5 Å². The number of fused-ring (bicyclic) bond motifs is 3. The third kappa shape index (κ3) is 9.90. The Morgan fingerprint density at radius 1 is 0.979 bits per heavy atom. The lowest BCUT2D eigenvalue weighted by molar-refractivity contribution is 0.0214. The van der Waals surface area contributed by atoms with Crippen molar-refractivity contribution in [3.05, 3.63) is 50.0 Å². The van der Waals surface area contributed by atoms with Crippen LogP contribution >= 0.6 is 50.3 Å². The molecule has 10 heteroatoms. The summed E-state index contributed by atoms with van der Waals surface area (Å²) in [4.78, 5) is 27.6. The fraction of sp³-hybridized carbons (Fsp3) is 0.595. The third-order valence-electron chi connectivity index (χ3n) is 8.90. The van der Waals surface area contributed by atoms with Crippen molar-refractivity contribution in [2.75, 3.05) is 23.7 Å². The van der Waals surface area contributed by atoms with E-state index in [0.717, 1.165) is 66.4 Å². The molecule has 47 heavy (non-hydrogen) atoms. The molecule has 2 aliphatic heterocycles. The maximum absolute atomic E-state index is 13.0. The number of halogens is 2. The van der Waals surface area contributed by atoms with Gasteiger partial charge in [-0.1, -0.05) is 107 Å². The Balaban J connectivity index is 1.33. The van der Waals surface area contributed by atoms with E-state index in [1.165, 1.54) is 57.8 Å². The molecule has 7 nitrogen and oxygen atoms in total. The van der Waals surface area contributed by atoms with Crippen molar-refractivity contribution in [2.45, 2.75) is 128 Å². The van der Waals surface area contributed by atoms with Crippen molar-refractivity contribution in [2.24, 2.45) is 0 Å². The molecule has 1 aromatic heterocycles. The SMILES string of the molecule is CCCCCCCCCCCCSc1nc(N2C[C@@H]3C[C@H]2CN3C(=O)OC(C)(C)C)c2cc(I)c(Br)c(OCc3ccccc3)c2n1. The second-order valence-electron chi connectivity index (χ2n) is 13.9. The molecular formula is C37H50BrIN4O3S.